The predicted octanol–water partition coefficient (Wildman–Crippen LogP) is 2.46. The van der Waals surface area contributed by atoms with E-state index < -0.39 is 5.91 Å². The van der Waals surface area contributed by atoms with Crippen molar-refractivity contribution < 1.29 is 4.79 Å². The average molecular weight is 340 g/mol. The third-order valence-electron chi connectivity index (χ3n) is 1.53. The molecule has 1 aromatic carbocycles. The van der Waals surface area contributed by atoms with E-state index in [0.717, 1.165) is 13.6 Å². The summed E-state index contributed by atoms with van der Waals surface area (Å²) in [7, 11) is 0. The van der Waals surface area contributed by atoms with Gasteiger partial charge in [-0.15, -0.1) is 0 Å². The summed E-state index contributed by atoms with van der Waals surface area (Å²) < 4.78 is 1.67. The number of carbonyl (C=O) groups excluding carboxylic acids is 1. The maximum atomic E-state index is 11.0. The van der Waals surface area contributed by atoms with Gasteiger partial charge in [-0.1, -0.05) is 6.07 Å². The Kier molecular flexibility index (Phi) is 3.11. The second kappa shape index (κ2) is 3.74. The molecule has 0 aliphatic carbocycles. The highest BCUT2D eigenvalue weighted by atomic mass is 127. The van der Waals surface area contributed by atoms with Crippen molar-refractivity contribution in [3.8, 4) is 0 Å². The number of primary amides is 1. The summed E-state index contributed by atoms with van der Waals surface area (Å²) in [4.78, 5) is 11.0. The molecule has 0 aliphatic heterocycles. The number of carbonyl (C=O) groups is 1. The van der Waals surface area contributed by atoms with Crippen molar-refractivity contribution in [3.05, 3.63) is 31.3 Å². The van der Waals surface area contributed by atoms with E-state index in [1.54, 1.807) is 0 Å². The van der Waals surface area contributed by atoms with Crippen LogP contribution in [-0.4, -0.2) is 5.91 Å². The first-order valence-electron chi connectivity index (χ1n) is 3.28. The summed E-state index contributed by atoms with van der Waals surface area (Å²) in [5.41, 5.74) is 6.84. The molecule has 0 fully saturated rings. The van der Waals surface area contributed by atoms with Gasteiger partial charge in [0.1, 0.15) is 0 Å². The van der Waals surface area contributed by atoms with E-state index in [1.807, 2.05) is 19.1 Å². The number of benzene rings is 1. The summed E-state index contributed by atoms with van der Waals surface area (Å²) in [6.07, 6.45) is 0. The van der Waals surface area contributed by atoms with Gasteiger partial charge in [0.2, 0.25) is 0 Å². The molecule has 64 valence electrons. The van der Waals surface area contributed by atoms with E-state index in [4.69, 9.17) is 5.73 Å². The maximum absolute atomic E-state index is 11.0. The van der Waals surface area contributed by atoms with E-state index >= 15 is 0 Å². The highest BCUT2D eigenvalue weighted by Gasteiger charge is 2.11. The Morgan fingerprint density at radius 1 is 1.58 bits per heavy atom. The Morgan fingerprint density at radius 3 is 2.58 bits per heavy atom. The van der Waals surface area contributed by atoms with Crippen molar-refractivity contribution in [3.63, 3.8) is 0 Å². The molecule has 0 heterocycles. The summed E-state index contributed by atoms with van der Waals surface area (Å²) in [6, 6.07) is 3.77. The summed E-state index contributed by atoms with van der Waals surface area (Å²) in [5, 5.41) is 0. The molecule has 0 unspecified atom stereocenters. The molecule has 0 spiro atoms. The lowest BCUT2D eigenvalue weighted by Crippen LogP contribution is -2.14. The second-order valence-electron chi connectivity index (χ2n) is 2.42. The molecular formula is C8H7BrINO. The molecule has 0 aliphatic rings. The molecule has 2 N–H and O–H groups in total. The normalized spacial score (nSPS) is 9.92. The van der Waals surface area contributed by atoms with Crippen LogP contribution in [0.15, 0.2) is 16.6 Å². The smallest absolute Gasteiger partial charge is 0.250 e. The van der Waals surface area contributed by atoms with Gasteiger partial charge in [-0.25, -0.2) is 0 Å². The van der Waals surface area contributed by atoms with Crippen LogP contribution in [0.5, 0.6) is 0 Å². The first kappa shape index (κ1) is 9.98. The number of halogens is 2. The molecule has 0 saturated heterocycles. The third kappa shape index (κ3) is 1.80. The number of hydrogen-bond donors (Lipinski definition) is 1. The lowest BCUT2D eigenvalue weighted by Gasteiger charge is -2.05. The fourth-order valence-electron chi connectivity index (χ4n) is 0.883. The van der Waals surface area contributed by atoms with Crippen molar-refractivity contribution in [2.24, 2.45) is 5.73 Å². The first-order chi connectivity index (χ1) is 5.54. The molecule has 0 radical (unpaired) electrons. The van der Waals surface area contributed by atoms with E-state index in [0.29, 0.717) is 5.56 Å². The Labute approximate surface area is 92.8 Å². The van der Waals surface area contributed by atoms with Crippen LogP contribution in [0.4, 0.5) is 0 Å². The molecule has 4 heteroatoms. The van der Waals surface area contributed by atoms with Crippen LogP contribution in [0.25, 0.3) is 0 Å². The SMILES string of the molecule is Cc1ccc(Br)c(C(N)=O)c1I. The molecule has 1 amide bonds. The van der Waals surface area contributed by atoms with E-state index in [1.165, 1.54) is 0 Å². The Bertz CT molecular complexity index is 338. The largest absolute Gasteiger partial charge is 0.366 e. The van der Waals surface area contributed by atoms with Crippen LogP contribution in [0.1, 0.15) is 15.9 Å². The molecule has 2 nitrogen and oxygen atoms in total. The lowest BCUT2D eigenvalue weighted by atomic mass is 10.1. The van der Waals surface area contributed by atoms with Crippen LogP contribution < -0.4 is 5.73 Å². The van der Waals surface area contributed by atoms with Gasteiger partial charge in [0.05, 0.1) is 5.56 Å². The van der Waals surface area contributed by atoms with Gasteiger partial charge < -0.3 is 5.73 Å². The zero-order valence-electron chi connectivity index (χ0n) is 6.40. The quantitative estimate of drug-likeness (QED) is 0.785. The fourth-order valence-corrected chi connectivity index (χ4v) is 2.52. The van der Waals surface area contributed by atoms with E-state index in [-0.39, 0.29) is 0 Å². The first-order valence-corrected chi connectivity index (χ1v) is 5.15. The van der Waals surface area contributed by atoms with Crippen LogP contribution >= 0.6 is 38.5 Å². The van der Waals surface area contributed by atoms with Crippen molar-refractivity contribution >= 4 is 44.4 Å². The molecule has 1 rings (SSSR count). The lowest BCUT2D eigenvalue weighted by molar-refractivity contribution is 0.0998. The molecule has 1 aromatic rings. The molecule has 12 heavy (non-hydrogen) atoms. The predicted molar refractivity (Wildman–Crippen MR) is 60.1 cm³/mol. The zero-order valence-corrected chi connectivity index (χ0v) is 10.1. The van der Waals surface area contributed by atoms with Gasteiger partial charge in [0.15, 0.2) is 0 Å². The monoisotopic (exact) mass is 339 g/mol. The van der Waals surface area contributed by atoms with Gasteiger partial charge in [-0.05, 0) is 57.1 Å². The standard InChI is InChI=1S/C8H7BrINO/c1-4-2-3-5(9)6(7(4)10)8(11)12/h2-3H,1H3,(H2,11,12). The van der Waals surface area contributed by atoms with Crippen LogP contribution in [-0.2, 0) is 0 Å². The summed E-state index contributed by atoms with van der Waals surface area (Å²) >= 11 is 5.39. The summed E-state index contributed by atoms with van der Waals surface area (Å²) in [6.45, 7) is 1.95. The Morgan fingerprint density at radius 2 is 2.17 bits per heavy atom. The highest BCUT2D eigenvalue weighted by molar-refractivity contribution is 14.1. The highest BCUT2D eigenvalue weighted by Crippen LogP contribution is 2.24. The number of nitrogens with two attached hydrogens (primary N) is 1. The van der Waals surface area contributed by atoms with Crippen molar-refractivity contribution in [1.82, 2.24) is 0 Å². The van der Waals surface area contributed by atoms with Gasteiger partial charge in [-0.2, -0.15) is 0 Å². The van der Waals surface area contributed by atoms with Crippen molar-refractivity contribution in [1.29, 1.82) is 0 Å². The minimum absolute atomic E-state index is 0.394. The topological polar surface area (TPSA) is 43.1 Å². The Hall–Kier alpha value is -0.100. The molecule has 0 atom stereocenters. The molecule has 0 saturated carbocycles. The molecule has 0 aromatic heterocycles. The van der Waals surface area contributed by atoms with Gasteiger partial charge in [0, 0.05) is 8.04 Å². The van der Waals surface area contributed by atoms with Crippen LogP contribution in [0.3, 0.4) is 0 Å². The molecule has 0 bridgehead atoms. The van der Waals surface area contributed by atoms with Crippen LogP contribution in [0, 0.1) is 10.5 Å². The minimum atomic E-state index is -0.394. The van der Waals surface area contributed by atoms with E-state index in [2.05, 4.69) is 38.5 Å². The summed E-state index contributed by atoms with van der Waals surface area (Å²) in [5.74, 6) is -0.394. The van der Waals surface area contributed by atoms with Gasteiger partial charge in [-0.3, -0.25) is 4.79 Å². The van der Waals surface area contributed by atoms with Crippen molar-refractivity contribution in [2.75, 3.05) is 0 Å². The number of rotatable bonds is 1. The Balaban J connectivity index is 3.43. The fraction of sp³-hybridized carbons (Fsp3) is 0.125. The molecular weight excluding hydrogens is 333 g/mol. The third-order valence-corrected chi connectivity index (χ3v) is 3.58. The minimum Gasteiger partial charge on any atom is -0.366 e. The van der Waals surface area contributed by atoms with Gasteiger partial charge >= 0.3 is 0 Å². The zero-order chi connectivity index (χ0) is 9.30. The number of hydrogen-bond acceptors (Lipinski definition) is 1. The number of aryl methyl sites for hydroxylation is 1. The number of amides is 1. The van der Waals surface area contributed by atoms with Crippen LogP contribution in [0.2, 0.25) is 0 Å². The van der Waals surface area contributed by atoms with Crippen molar-refractivity contribution in [2.45, 2.75) is 6.92 Å². The second-order valence-corrected chi connectivity index (χ2v) is 4.35. The average Bonchev–Trinajstić information content (AvgIpc) is 1.97. The van der Waals surface area contributed by atoms with E-state index in [9.17, 15) is 4.79 Å². The van der Waals surface area contributed by atoms with Gasteiger partial charge in [0.25, 0.3) is 5.91 Å². The maximum Gasteiger partial charge on any atom is 0.250 e.